The van der Waals surface area contributed by atoms with Crippen LogP contribution >= 0.6 is 11.6 Å². The first-order valence-corrected chi connectivity index (χ1v) is 7.55. The summed E-state index contributed by atoms with van der Waals surface area (Å²) in [4.78, 5) is 22.8. The lowest BCUT2D eigenvalue weighted by Crippen LogP contribution is -2.21. The maximum atomic E-state index is 12.7. The Labute approximate surface area is 151 Å². The topological polar surface area (TPSA) is 64.6 Å². The fourth-order valence-electron chi connectivity index (χ4n) is 2.01. The molecule has 138 valence electrons. The number of halogens is 4. The summed E-state index contributed by atoms with van der Waals surface area (Å²) in [5.74, 6) is -0.298. The molecule has 0 saturated carbocycles. The summed E-state index contributed by atoms with van der Waals surface area (Å²) in [6, 6.07) is 6.94. The number of carbonyl (C=O) groups is 2. The summed E-state index contributed by atoms with van der Waals surface area (Å²) in [7, 11) is 1.38. The van der Waals surface area contributed by atoms with Crippen molar-refractivity contribution >= 4 is 29.5 Å². The van der Waals surface area contributed by atoms with Gasteiger partial charge in [-0.1, -0.05) is 11.6 Å². The van der Waals surface area contributed by atoms with Gasteiger partial charge in [0.15, 0.2) is 18.1 Å². The molecule has 2 aromatic carbocycles. The summed E-state index contributed by atoms with van der Waals surface area (Å²) in [5, 5.41) is 2.20. The molecule has 0 aliphatic carbocycles. The minimum absolute atomic E-state index is 0.0492. The molecule has 0 aromatic heterocycles. The number of anilines is 1. The lowest BCUT2D eigenvalue weighted by molar-refractivity contribution is -0.137. The summed E-state index contributed by atoms with van der Waals surface area (Å²) in [5.41, 5.74) is -0.829. The van der Waals surface area contributed by atoms with Crippen molar-refractivity contribution in [2.24, 2.45) is 0 Å². The van der Waals surface area contributed by atoms with E-state index in [2.05, 4.69) is 5.32 Å². The number of hydrogen-bond acceptors (Lipinski definition) is 4. The predicted molar refractivity (Wildman–Crippen MR) is 89.0 cm³/mol. The van der Waals surface area contributed by atoms with Gasteiger partial charge in [-0.25, -0.2) is 0 Å². The molecule has 0 aliphatic rings. The molecule has 5 nitrogen and oxygen atoms in total. The number of rotatable bonds is 6. The Morgan fingerprint density at radius 1 is 1.19 bits per heavy atom. The molecule has 0 saturated heterocycles. The largest absolute Gasteiger partial charge is 0.493 e. The van der Waals surface area contributed by atoms with Gasteiger partial charge in [0.2, 0.25) is 0 Å². The Morgan fingerprint density at radius 2 is 1.92 bits per heavy atom. The van der Waals surface area contributed by atoms with Crippen molar-refractivity contribution in [1.82, 2.24) is 0 Å². The third kappa shape index (κ3) is 4.89. The Hall–Kier alpha value is -2.74. The van der Waals surface area contributed by atoms with Crippen LogP contribution in [0.3, 0.4) is 0 Å². The Balaban J connectivity index is 2.09. The van der Waals surface area contributed by atoms with Gasteiger partial charge < -0.3 is 14.8 Å². The van der Waals surface area contributed by atoms with Crippen molar-refractivity contribution in [3.63, 3.8) is 0 Å². The van der Waals surface area contributed by atoms with Gasteiger partial charge in [0.25, 0.3) is 5.91 Å². The van der Waals surface area contributed by atoms with E-state index in [-0.39, 0.29) is 16.5 Å². The predicted octanol–water partition coefficient (Wildman–Crippen LogP) is 4.20. The second kappa shape index (κ2) is 8.09. The third-order valence-electron chi connectivity index (χ3n) is 3.25. The van der Waals surface area contributed by atoms with E-state index >= 15 is 0 Å². The fraction of sp³-hybridized carbons (Fsp3) is 0.176. The number of carbonyl (C=O) groups excluding carboxylic acids is 2. The number of amides is 1. The quantitative estimate of drug-likeness (QED) is 0.755. The minimum Gasteiger partial charge on any atom is -0.493 e. The molecule has 0 radical (unpaired) electrons. The summed E-state index contributed by atoms with van der Waals surface area (Å²) >= 11 is 5.81. The van der Waals surface area contributed by atoms with Gasteiger partial charge in [0.1, 0.15) is 6.29 Å². The second-order valence-corrected chi connectivity index (χ2v) is 5.46. The summed E-state index contributed by atoms with van der Waals surface area (Å²) < 4.78 is 48.5. The first-order valence-electron chi connectivity index (χ1n) is 7.17. The van der Waals surface area contributed by atoms with E-state index in [4.69, 9.17) is 21.1 Å². The summed E-state index contributed by atoms with van der Waals surface area (Å²) in [6.45, 7) is -0.523. The van der Waals surface area contributed by atoms with Crippen LogP contribution in [0.2, 0.25) is 5.02 Å². The number of methoxy groups -OCH3 is 1. The number of alkyl halides is 3. The number of nitrogens with one attached hydrogen (secondary N) is 1. The second-order valence-electron chi connectivity index (χ2n) is 5.06. The molecular weight excluding hydrogens is 375 g/mol. The monoisotopic (exact) mass is 387 g/mol. The Bertz CT molecular complexity index is 824. The highest BCUT2D eigenvalue weighted by atomic mass is 35.5. The Kier molecular flexibility index (Phi) is 6.10. The highest BCUT2D eigenvalue weighted by Gasteiger charge is 2.31. The van der Waals surface area contributed by atoms with Crippen molar-refractivity contribution in [3.8, 4) is 11.5 Å². The molecule has 1 amide bonds. The molecule has 0 atom stereocenters. The molecule has 0 unspecified atom stereocenters. The van der Waals surface area contributed by atoms with Crippen LogP contribution in [0.4, 0.5) is 18.9 Å². The van der Waals surface area contributed by atoms with E-state index < -0.39 is 24.3 Å². The van der Waals surface area contributed by atoms with Crippen molar-refractivity contribution < 1.29 is 32.2 Å². The van der Waals surface area contributed by atoms with Crippen LogP contribution in [0.15, 0.2) is 36.4 Å². The van der Waals surface area contributed by atoms with Gasteiger partial charge in [-0.15, -0.1) is 0 Å². The van der Waals surface area contributed by atoms with Crippen LogP contribution in [-0.2, 0) is 11.0 Å². The van der Waals surface area contributed by atoms with Gasteiger partial charge in [-0.3, -0.25) is 9.59 Å². The van der Waals surface area contributed by atoms with Crippen molar-refractivity contribution in [2.75, 3.05) is 19.0 Å². The third-order valence-corrected chi connectivity index (χ3v) is 3.58. The molecule has 9 heteroatoms. The lowest BCUT2D eigenvalue weighted by Gasteiger charge is -2.13. The van der Waals surface area contributed by atoms with E-state index in [1.54, 1.807) is 0 Å². The fourth-order valence-corrected chi connectivity index (χ4v) is 2.17. The van der Waals surface area contributed by atoms with Crippen LogP contribution in [0.25, 0.3) is 0 Å². The van der Waals surface area contributed by atoms with Gasteiger partial charge in [-0.2, -0.15) is 13.2 Å². The van der Waals surface area contributed by atoms with E-state index in [0.717, 1.165) is 18.2 Å². The molecule has 1 N–H and O–H groups in total. The molecule has 0 fully saturated rings. The normalized spacial score (nSPS) is 11.0. The van der Waals surface area contributed by atoms with Gasteiger partial charge >= 0.3 is 6.18 Å². The van der Waals surface area contributed by atoms with Crippen LogP contribution in [-0.4, -0.2) is 25.9 Å². The number of aldehydes is 1. The van der Waals surface area contributed by atoms with Crippen LogP contribution in [0.1, 0.15) is 15.9 Å². The average molecular weight is 388 g/mol. The first-order chi connectivity index (χ1) is 12.2. The van der Waals surface area contributed by atoms with Gasteiger partial charge in [-0.05, 0) is 36.4 Å². The van der Waals surface area contributed by atoms with Crippen LogP contribution in [0.5, 0.6) is 11.5 Å². The molecule has 0 bridgehead atoms. The maximum Gasteiger partial charge on any atom is 0.416 e. The van der Waals surface area contributed by atoms with E-state index in [1.165, 1.54) is 25.3 Å². The average Bonchev–Trinajstić information content (AvgIpc) is 2.60. The highest BCUT2D eigenvalue weighted by molar-refractivity contribution is 6.33. The smallest absolute Gasteiger partial charge is 0.416 e. The SMILES string of the molecule is COc1ccc(C=O)cc1OCC(=O)Nc1cc(C(F)(F)F)ccc1Cl. The molecule has 26 heavy (non-hydrogen) atoms. The first kappa shape index (κ1) is 19.6. The zero-order valence-electron chi connectivity index (χ0n) is 13.4. The molecule has 2 aromatic rings. The van der Waals surface area contributed by atoms with E-state index in [1.807, 2.05) is 0 Å². The summed E-state index contributed by atoms with van der Waals surface area (Å²) in [6.07, 6.45) is -3.97. The molecule has 0 aliphatic heterocycles. The van der Waals surface area contributed by atoms with Gasteiger partial charge in [0, 0.05) is 5.56 Å². The van der Waals surface area contributed by atoms with Crippen LogP contribution in [0, 0.1) is 0 Å². The molecule has 0 spiro atoms. The maximum absolute atomic E-state index is 12.7. The molecular formula is C17H13ClF3NO4. The van der Waals surface area contributed by atoms with Crippen molar-refractivity contribution in [2.45, 2.75) is 6.18 Å². The Morgan fingerprint density at radius 3 is 2.54 bits per heavy atom. The van der Waals surface area contributed by atoms with Crippen LogP contribution < -0.4 is 14.8 Å². The number of ether oxygens (including phenoxy) is 2. The molecule has 2 rings (SSSR count). The van der Waals surface area contributed by atoms with E-state index in [9.17, 15) is 22.8 Å². The van der Waals surface area contributed by atoms with Crippen molar-refractivity contribution in [3.05, 3.63) is 52.5 Å². The number of hydrogen-bond donors (Lipinski definition) is 1. The minimum atomic E-state index is -4.57. The van der Waals surface area contributed by atoms with Gasteiger partial charge in [0.05, 0.1) is 23.4 Å². The van der Waals surface area contributed by atoms with E-state index in [0.29, 0.717) is 17.6 Å². The lowest BCUT2D eigenvalue weighted by atomic mass is 10.2. The van der Waals surface area contributed by atoms with Crippen molar-refractivity contribution in [1.29, 1.82) is 0 Å². The number of benzene rings is 2. The molecule has 0 heterocycles. The zero-order valence-corrected chi connectivity index (χ0v) is 14.1. The highest BCUT2D eigenvalue weighted by Crippen LogP contribution is 2.34. The standard InChI is InChI=1S/C17H13ClF3NO4/c1-25-14-5-2-10(8-23)6-15(14)26-9-16(24)22-13-7-11(17(19,20)21)3-4-12(13)18/h2-8H,9H2,1H3,(H,22,24). The zero-order chi connectivity index (χ0) is 19.3.